The van der Waals surface area contributed by atoms with Crippen molar-refractivity contribution in [3.05, 3.63) is 77.4 Å². The van der Waals surface area contributed by atoms with Gasteiger partial charge in [0, 0.05) is 5.56 Å². The summed E-state index contributed by atoms with van der Waals surface area (Å²) < 4.78 is 5.62. The lowest BCUT2D eigenvalue weighted by Gasteiger charge is -2.10. The number of aryl methyl sites for hydroxylation is 2. The first-order valence-corrected chi connectivity index (χ1v) is 8.14. The van der Waals surface area contributed by atoms with Crippen molar-refractivity contribution in [1.29, 1.82) is 0 Å². The summed E-state index contributed by atoms with van der Waals surface area (Å²) in [7, 11) is 0. The van der Waals surface area contributed by atoms with Gasteiger partial charge in [0.15, 0.2) is 6.61 Å². The van der Waals surface area contributed by atoms with Gasteiger partial charge in [-0.15, -0.1) is 0 Å². The highest BCUT2D eigenvalue weighted by Gasteiger charge is 2.06. The third kappa shape index (κ3) is 4.04. The van der Waals surface area contributed by atoms with Gasteiger partial charge in [-0.3, -0.25) is 4.79 Å². The molecule has 3 aromatic carbocycles. The Labute approximate surface area is 147 Å². The van der Waals surface area contributed by atoms with E-state index in [1.54, 1.807) is 6.21 Å². The van der Waals surface area contributed by atoms with Crippen LogP contribution in [-0.2, 0) is 4.79 Å². The summed E-state index contributed by atoms with van der Waals surface area (Å²) in [6.45, 7) is 3.84. The molecule has 0 atom stereocenters. The maximum atomic E-state index is 11.9. The van der Waals surface area contributed by atoms with Gasteiger partial charge >= 0.3 is 0 Å². The van der Waals surface area contributed by atoms with Crippen LogP contribution in [0.2, 0.25) is 0 Å². The van der Waals surface area contributed by atoms with E-state index < -0.39 is 0 Å². The van der Waals surface area contributed by atoms with E-state index in [-0.39, 0.29) is 12.5 Å². The maximum absolute atomic E-state index is 11.9. The van der Waals surface area contributed by atoms with E-state index in [4.69, 9.17) is 4.74 Å². The molecule has 25 heavy (non-hydrogen) atoms. The Hall–Kier alpha value is -3.14. The average Bonchev–Trinajstić information content (AvgIpc) is 2.61. The molecule has 0 aliphatic carbocycles. The lowest BCUT2D eigenvalue weighted by atomic mass is 10.1. The van der Waals surface area contributed by atoms with Crippen molar-refractivity contribution >= 4 is 22.9 Å². The second-order valence-corrected chi connectivity index (χ2v) is 5.87. The standard InChI is InChI=1S/C21H20N2O2/c1-15-7-5-8-16(2)21(15)25-14-20(24)23-22-13-18-11-6-10-17-9-3-4-12-19(17)18/h3-13H,14H2,1-2H3,(H,23,24)/b22-13+. The number of amides is 1. The third-order valence-electron chi connectivity index (χ3n) is 3.97. The van der Waals surface area contributed by atoms with Crippen molar-refractivity contribution in [3.8, 4) is 5.75 Å². The molecule has 0 radical (unpaired) electrons. The van der Waals surface area contributed by atoms with Crippen LogP contribution in [0.15, 0.2) is 65.8 Å². The first-order valence-electron chi connectivity index (χ1n) is 8.14. The Bertz CT molecular complexity index is 907. The van der Waals surface area contributed by atoms with Crippen molar-refractivity contribution in [2.24, 2.45) is 5.10 Å². The highest BCUT2D eigenvalue weighted by atomic mass is 16.5. The molecule has 3 rings (SSSR count). The Morgan fingerprint density at radius 1 is 1.00 bits per heavy atom. The van der Waals surface area contributed by atoms with E-state index >= 15 is 0 Å². The van der Waals surface area contributed by atoms with Gasteiger partial charge in [-0.1, -0.05) is 60.7 Å². The molecule has 0 spiro atoms. The molecule has 3 aromatic rings. The molecule has 0 bridgehead atoms. The normalized spacial score (nSPS) is 11.0. The predicted molar refractivity (Wildman–Crippen MR) is 101 cm³/mol. The van der Waals surface area contributed by atoms with Gasteiger partial charge in [-0.05, 0) is 35.7 Å². The van der Waals surface area contributed by atoms with Crippen LogP contribution in [0, 0.1) is 13.8 Å². The van der Waals surface area contributed by atoms with Crippen LogP contribution >= 0.6 is 0 Å². The van der Waals surface area contributed by atoms with Crippen molar-refractivity contribution < 1.29 is 9.53 Å². The van der Waals surface area contributed by atoms with E-state index in [2.05, 4.69) is 10.5 Å². The van der Waals surface area contributed by atoms with Crippen LogP contribution in [0.25, 0.3) is 10.8 Å². The van der Waals surface area contributed by atoms with Crippen molar-refractivity contribution in [2.75, 3.05) is 6.61 Å². The van der Waals surface area contributed by atoms with Gasteiger partial charge in [-0.2, -0.15) is 5.10 Å². The molecular formula is C21H20N2O2. The summed E-state index contributed by atoms with van der Waals surface area (Å²) in [6.07, 6.45) is 1.65. The van der Waals surface area contributed by atoms with Gasteiger partial charge in [0.05, 0.1) is 6.21 Å². The minimum atomic E-state index is -0.292. The number of para-hydroxylation sites is 1. The molecule has 1 amide bonds. The average molecular weight is 332 g/mol. The Morgan fingerprint density at radius 2 is 1.68 bits per heavy atom. The number of carbonyl (C=O) groups is 1. The molecule has 0 aliphatic heterocycles. The minimum Gasteiger partial charge on any atom is -0.483 e. The molecule has 4 nitrogen and oxygen atoms in total. The fraction of sp³-hybridized carbons (Fsp3) is 0.143. The quantitative estimate of drug-likeness (QED) is 0.567. The largest absolute Gasteiger partial charge is 0.483 e. The van der Waals surface area contributed by atoms with Gasteiger partial charge in [0.25, 0.3) is 5.91 Å². The fourth-order valence-electron chi connectivity index (χ4n) is 2.73. The lowest BCUT2D eigenvalue weighted by molar-refractivity contribution is -0.123. The van der Waals surface area contributed by atoms with Crippen LogP contribution in [0.5, 0.6) is 5.75 Å². The molecule has 4 heteroatoms. The summed E-state index contributed by atoms with van der Waals surface area (Å²) in [6, 6.07) is 19.9. The van der Waals surface area contributed by atoms with E-state index in [1.807, 2.05) is 74.5 Å². The number of benzene rings is 3. The van der Waals surface area contributed by atoms with E-state index in [9.17, 15) is 4.79 Å². The molecule has 0 saturated heterocycles. The number of hydrazone groups is 1. The van der Waals surface area contributed by atoms with E-state index in [0.29, 0.717) is 0 Å². The monoisotopic (exact) mass is 332 g/mol. The van der Waals surface area contributed by atoms with Crippen molar-refractivity contribution in [1.82, 2.24) is 5.43 Å². The van der Waals surface area contributed by atoms with Crippen LogP contribution in [0.4, 0.5) is 0 Å². The van der Waals surface area contributed by atoms with Crippen LogP contribution in [-0.4, -0.2) is 18.7 Å². The smallest absolute Gasteiger partial charge is 0.277 e. The number of nitrogens with one attached hydrogen (secondary N) is 1. The molecule has 0 heterocycles. The number of fused-ring (bicyclic) bond motifs is 1. The lowest BCUT2D eigenvalue weighted by Crippen LogP contribution is -2.25. The number of hydrogen-bond acceptors (Lipinski definition) is 3. The second kappa shape index (κ2) is 7.62. The maximum Gasteiger partial charge on any atom is 0.277 e. The summed E-state index contributed by atoms with van der Waals surface area (Å²) in [5.41, 5.74) is 5.48. The second-order valence-electron chi connectivity index (χ2n) is 5.87. The van der Waals surface area contributed by atoms with Gasteiger partial charge < -0.3 is 4.74 Å². The summed E-state index contributed by atoms with van der Waals surface area (Å²) in [4.78, 5) is 11.9. The minimum absolute atomic E-state index is 0.0709. The first-order chi connectivity index (χ1) is 12.1. The van der Waals surface area contributed by atoms with Gasteiger partial charge in [-0.25, -0.2) is 5.43 Å². The SMILES string of the molecule is Cc1cccc(C)c1OCC(=O)N/N=C/c1cccc2ccccc12. The zero-order valence-corrected chi connectivity index (χ0v) is 14.3. The summed E-state index contributed by atoms with van der Waals surface area (Å²) >= 11 is 0. The number of nitrogens with zero attached hydrogens (tertiary/aromatic N) is 1. The Kier molecular flexibility index (Phi) is 5.09. The number of carbonyl (C=O) groups excluding carboxylic acids is 1. The molecule has 0 aromatic heterocycles. The van der Waals surface area contributed by atoms with Crippen LogP contribution in [0.1, 0.15) is 16.7 Å². The molecular weight excluding hydrogens is 312 g/mol. The third-order valence-corrected chi connectivity index (χ3v) is 3.97. The van der Waals surface area contributed by atoms with Gasteiger partial charge in [0.1, 0.15) is 5.75 Å². The molecule has 126 valence electrons. The predicted octanol–water partition coefficient (Wildman–Crippen LogP) is 3.99. The molecule has 0 saturated carbocycles. The van der Waals surface area contributed by atoms with Gasteiger partial charge in [0.2, 0.25) is 0 Å². The zero-order valence-electron chi connectivity index (χ0n) is 14.3. The molecule has 0 unspecified atom stereocenters. The molecule has 0 fully saturated rings. The fourth-order valence-corrected chi connectivity index (χ4v) is 2.73. The van der Waals surface area contributed by atoms with Crippen molar-refractivity contribution in [3.63, 3.8) is 0 Å². The Morgan fingerprint density at radius 3 is 2.48 bits per heavy atom. The zero-order chi connectivity index (χ0) is 17.6. The van der Waals surface area contributed by atoms with Crippen molar-refractivity contribution in [2.45, 2.75) is 13.8 Å². The number of hydrogen-bond donors (Lipinski definition) is 1. The number of ether oxygens (including phenoxy) is 1. The van der Waals surface area contributed by atoms with E-state index in [0.717, 1.165) is 33.2 Å². The number of rotatable bonds is 5. The van der Waals surface area contributed by atoms with Crippen LogP contribution in [0.3, 0.4) is 0 Å². The topological polar surface area (TPSA) is 50.7 Å². The van der Waals surface area contributed by atoms with Crippen LogP contribution < -0.4 is 10.2 Å². The molecule has 1 N–H and O–H groups in total. The first kappa shape index (κ1) is 16.7. The highest BCUT2D eigenvalue weighted by molar-refractivity contribution is 5.99. The summed E-state index contributed by atoms with van der Waals surface area (Å²) in [5, 5.41) is 6.27. The highest BCUT2D eigenvalue weighted by Crippen LogP contribution is 2.22. The molecule has 0 aliphatic rings. The van der Waals surface area contributed by atoms with E-state index in [1.165, 1.54) is 0 Å². The Balaban J connectivity index is 1.61. The summed E-state index contributed by atoms with van der Waals surface area (Å²) in [5.74, 6) is 0.454.